The second-order valence-electron chi connectivity index (χ2n) is 8.97. The second-order valence-corrected chi connectivity index (χ2v) is 8.97. The van der Waals surface area contributed by atoms with Gasteiger partial charge < -0.3 is 5.11 Å². The van der Waals surface area contributed by atoms with Crippen LogP contribution in [0.15, 0.2) is 23.8 Å². The number of rotatable bonds is 1. The normalized spacial score (nSPS) is 44.3. The van der Waals surface area contributed by atoms with Gasteiger partial charge in [0, 0.05) is 6.42 Å². The predicted octanol–water partition coefficient (Wildman–Crippen LogP) is 4.44. The van der Waals surface area contributed by atoms with Gasteiger partial charge in [-0.05, 0) is 59.8 Å². The van der Waals surface area contributed by atoms with Gasteiger partial charge in [0.25, 0.3) is 0 Å². The van der Waals surface area contributed by atoms with Crippen LogP contribution in [-0.4, -0.2) is 17.0 Å². The molecule has 0 spiro atoms. The monoisotopic (exact) mass is 302 g/mol. The van der Waals surface area contributed by atoms with E-state index in [1.165, 1.54) is 5.57 Å². The fourth-order valence-electron chi connectivity index (χ4n) is 5.43. The third kappa shape index (κ3) is 2.06. The number of Topliss-reactive ketones (excluding diaryl/α,β-unsaturated/α-hetero) is 1. The molecule has 2 heteroatoms. The van der Waals surface area contributed by atoms with E-state index in [9.17, 15) is 9.90 Å². The van der Waals surface area contributed by atoms with Crippen molar-refractivity contribution in [2.45, 2.75) is 72.3 Å². The Kier molecular flexibility index (Phi) is 3.49. The quantitative estimate of drug-likeness (QED) is 0.727. The predicted molar refractivity (Wildman–Crippen MR) is 89.4 cm³/mol. The molecule has 0 unspecified atom stereocenters. The van der Waals surface area contributed by atoms with E-state index in [0.717, 1.165) is 37.7 Å². The molecule has 0 bridgehead atoms. The minimum absolute atomic E-state index is 0.0708. The fourth-order valence-corrected chi connectivity index (χ4v) is 5.43. The summed E-state index contributed by atoms with van der Waals surface area (Å²) in [7, 11) is 0. The van der Waals surface area contributed by atoms with Gasteiger partial charge in [-0.25, -0.2) is 0 Å². The lowest BCUT2D eigenvalue weighted by molar-refractivity contribution is -0.130. The van der Waals surface area contributed by atoms with E-state index in [1.807, 2.05) is 6.08 Å². The van der Waals surface area contributed by atoms with E-state index in [1.54, 1.807) is 0 Å². The number of ketones is 1. The number of hydrogen-bond acceptors (Lipinski definition) is 2. The van der Waals surface area contributed by atoms with E-state index in [2.05, 4.69) is 34.3 Å². The topological polar surface area (TPSA) is 37.3 Å². The second kappa shape index (κ2) is 4.80. The van der Waals surface area contributed by atoms with E-state index >= 15 is 0 Å². The Labute approximate surface area is 134 Å². The average molecular weight is 302 g/mol. The molecule has 0 heterocycles. The number of carbonyl (C=O) groups is 1. The highest BCUT2D eigenvalue weighted by molar-refractivity contribution is 5.98. The van der Waals surface area contributed by atoms with Crippen LogP contribution in [0.25, 0.3) is 0 Å². The zero-order valence-electron chi connectivity index (χ0n) is 14.5. The Balaban J connectivity index is 2.07. The molecule has 22 heavy (non-hydrogen) atoms. The molecule has 0 aromatic carbocycles. The van der Waals surface area contributed by atoms with E-state index in [4.69, 9.17) is 0 Å². The van der Waals surface area contributed by atoms with Gasteiger partial charge >= 0.3 is 0 Å². The van der Waals surface area contributed by atoms with Gasteiger partial charge in [0.1, 0.15) is 0 Å². The Hall–Kier alpha value is -0.890. The first-order valence-corrected chi connectivity index (χ1v) is 8.71. The molecular formula is C20H30O2. The Bertz CT molecular complexity index is 556. The smallest absolute Gasteiger partial charge is 0.159 e. The molecule has 2 nitrogen and oxygen atoms in total. The number of fused-ring (bicyclic) bond motifs is 2. The molecule has 0 amide bonds. The number of allylic oxidation sites excluding steroid dienone is 3. The number of carbonyl (C=O) groups excluding carboxylic acids is 1. The van der Waals surface area contributed by atoms with Crippen LogP contribution in [0.1, 0.15) is 66.2 Å². The first-order valence-electron chi connectivity index (χ1n) is 8.71. The van der Waals surface area contributed by atoms with Gasteiger partial charge in [-0.2, -0.15) is 0 Å². The van der Waals surface area contributed by atoms with E-state index in [0.29, 0.717) is 12.2 Å². The van der Waals surface area contributed by atoms with Crippen molar-refractivity contribution in [2.75, 3.05) is 0 Å². The minimum Gasteiger partial charge on any atom is -0.393 e. The van der Waals surface area contributed by atoms with Crippen molar-refractivity contribution < 1.29 is 9.90 Å². The summed E-state index contributed by atoms with van der Waals surface area (Å²) in [5.74, 6) is 0.593. The summed E-state index contributed by atoms with van der Waals surface area (Å²) in [6.07, 6.45) is 7.18. The van der Waals surface area contributed by atoms with Crippen molar-refractivity contribution in [3.05, 3.63) is 23.8 Å². The fraction of sp³-hybridized carbons (Fsp3) is 0.750. The highest BCUT2D eigenvalue weighted by Gasteiger charge is 2.56. The molecule has 0 saturated heterocycles. The zero-order valence-corrected chi connectivity index (χ0v) is 14.5. The molecule has 0 radical (unpaired) electrons. The highest BCUT2D eigenvalue weighted by atomic mass is 16.3. The summed E-state index contributed by atoms with van der Waals surface area (Å²) < 4.78 is 0. The van der Waals surface area contributed by atoms with Crippen molar-refractivity contribution >= 4 is 5.78 Å². The minimum atomic E-state index is -0.289. The number of aliphatic hydroxyl groups is 1. The maximum Gasteiger partial charge on any atom is 0.159 e. The standard InChI is InChI=1S/C20H30O2/c1-6-19(4)9-7-14-13(12-19)15(21)11-16-18(2,3)17(22)8-10-20(14,16)5/h6,16-17,22H,1,7-12H2,2-5H3/t16-,17-,19+,20+/m1/s1. The molecule has 1 N–H and O–H groups in total. The lowest BCUT2D eigenvalue weighted by atomic mass is 9.47. The summed E-state index contributed by atoms with van der Waals surface area (Å²) in [4.78, 5) is 12.8. The van der Waals surface area contributed by atoms with Gasteiger partial charge in [-0.3, -0.25) is 4.79 Å². The summed E-state index contributed by atoms with van der Waals surface area (Å²) >= 11 is 0. The summed E-state index contributed by atoms with van der Waals surface area (Å²) in [5, 5.41) is 10.5. The maximum atomic E-state index is 12.8. The lowest BCUT2D eigenvalue weighted by Gasteiger charge is -2.58. The number of aliphatic hydroxyl groups excluding tert-OH is 1. The average Bonchev–Trinajstić information content (AvgIpc) is 2.47. The molecule has 0 aliphatic heterocycles. The molecule has 3 aliphatic carbocycles. The van der Waals surface area contributed by atoms with Crippen LogP contribution in [0.5, 0.6) is 0 Å². The first kappa shape index (κ1) is 16.0. The van der Waals surface area contributed by atoms with Crippen LogP contribution in [0.3, 0.4) is 0 Å². The van der Waals surface area contributed by atoms with Crippen LogP contribution in [0, 0.1) is 22.2 Å². The van der Waals surface area contributed by atoms with Crippen LogP contribution in [0.2, 0.25) is 0 Å². The summed E-state index contributed by atoms with van der Waals surface area (Å²) in [6.45, 7) is 12.9. The lowest BCUT2D eigenvalue weighted by Crippen LogP contribution is -2.54. The molecule has 0 aromatic rings. The first-order chi connectivity index (χ1) is 10.1. The van der Waals surface area contributed by atoms with Gasteiger partial charge in [-0.15, -0.1) is 6.58 Å². The molecule has 3 rings (SSSR count). The Morgan fingerprint density at radius 1 is 1.23 bits per heavy atom. The van der Waals surface area contributed by atoms with Crippen molar-refractivity contribution in [1.29, 1.82) is 0 Å². The molecular weight excluding hydrogens is 272 g/mol. The van der Waals surface area contributed by atoms with Crippen molar-refractivity contribution in [1.82, 2.24) is 0 Å². The van der Waals surface area contributed by atoms with Gasteiger partial charge in [0.15, 0.2) is 5.78 Å². The Morgan fingerprint density at radius 3 is 2.55 bits per heavy atom. The van der Waals surface area contributed by atoms with Crippen molar-refractivity contribution in [2.24, 2.45) is 22.2 Å². The van der Waals surface area contributed by atoms with Gasteiger partial charge in [0.05, 0.1) is 6.10 Å². The summed E-state index contributed by atoms with van der Waals surface area (Å²) in [5.41, 5.74) is 2.49. The maximum absolute atomic E-state index is 12.8. The van der Waals surface area contributed by atoms with Crippen LogP contribution in [0.4, 0.5) is 0 Å². The molecule has 1 fully saturated rings. The molecule has 122 valence electrons. The number of hydrogen-bond donors (Lipinski definition) is 1. The van der Waals surface area contributed by atoms with Crippen LogP contribution < -0.4 is 0 Å². The van der Waals surface area contributed by atoms with Gasteiger partial charge in [0.2, 0.25) is 0 Å². The molecule has 3 aliphatic rings. The molecule has 0 aromatic heterocycles. The largest absolute Gasteiger partial charge is 0.393 e. The Morgan fingerprint density at radius 2 is 1.91 bits per heavy atom. The zero-order chi connectivity index (χ0) is 16.3. The third-order valence-electron chi connectivity index (χ3n) is 7.26. The molecule has 1 saturated carbocycles. The highest BCUT2D eigenvalue weighted by Crippen LogP contribution is 2.62. The van der Waals surface area contributed by atoms with E-state index in [-0.39, 0.29) is 28.3 Å². The van der Waals surface area contributed by atoms with Crippen LogP contribution in [-0.2, 0) is 4.79 Å². The van der Waals surface area contributed by atoms with Crippen molar-refractivity contribution in [3.8, 4) is 0 Å². The van der Waals surface area contributed by atoms with Gasteiger partial charge in [-0.1, -0.05) is 39.3 Å². The van der Waals surface area contributed by atoms with Crippen LogP contribution >= 0.6 is 0 Å². The van der Waals surface area contributed by atoms with E-state index < -0.39 is 0 Å². The summed E-state index contributed by atoms with van der Waals surface area (Å²) in [6, 6.07) is 0. The third-order valence-corrected chi connectivity index (χ3v) is 7.26. The van der Waals surface area contributed by atoms with Crippen molar-refractivity contribution in [3.63, 3.8) is 0 Å². The SMILES string of the molecule is C=C[C@@]1(C)CCC2=C(C1)C(=O)C[C@@H]1C(C)(C)[C@H](O)CC[C@@]21C. The molecule has 4 atom stereocenters.